The maximum atomic E-state index is 10.2. The van der Waals surface area contributed by atoms with Crippen LogP contribution in [0.15, 0.2) is 54.4 Å². The summed E-state index contributed by atoms with van der Waals surface area (Å²) >= 11 is 0. The normalized spacial score (nSPS) is 16.9. The second-order valence-electron chi connectivity index (χ2n) is 5.65. The lowest BCUT2D eigenvalue weighted by atomic mass is 9.91. The highest BCUT2D eigenvalue weighted by molar-refractivity contribution is 5.60. The second-order valence-corrected chi connectivity index (χ2v) is 5.65. The van der Waals surface area contributed by atoms with Gasteiger partial charge >= 0.3 is 0 Å². The summed E-state index contributed by atoms with van der Waals surface area (Å²) in [5.41, 5.74) is 3.59. The van der Waals surface area contributed by atoms with Gasteiger partial charge in [-0.25, -0.2) is 0 Å². The molecule has 1 N–H and O–H groups in total. The van der Waals surface area contributed by atoms with Gasteiger partial charge in [-0.2, -0.15) is 0 Å². The monoisotopic (exact) mass is 295 g/mol. The average molecular weight is 295 g/mol. The lowest BCUT2D eigenvalue weighted by molar-refractivity contribution is 0.176. The Morgan fingerprint density at radius 2 is 1.91 bits per heavy atom. The first-order valence-corrected chi connectivity index (χ1v) is 7.54. The predicted octanol–water partition coefficient (Wildman–Crippen LogP) is 4.17. The number of rotatable bonds is 4. The van der Waals surface area contributed by atoms with Crippen molar-refractivity contribution in [3.8, 4) is 5.75 Å². The number of fused-ring (bicyclic) bond motifs is 1. The van der Waals surface area contributed by atoms with Crippen LogP contribution in [0.3, 0.4) is 0 Å². The van der Waals surface area contributed by atoms with Crippen molar-refractivity contribution in [2.45, 2.75) is 18.9 Å². The quantitative estimate of drug-likeness (QED) is 0.919. The Bertz CT molecular complexity index is 679. The van der Waals surface area contributed by atoms with E-state index in [4.69, 9.17) is 4.74 Å². The third kappa shape index (κ3) is 2.80. The van der Waals surface area contributed by atoms with Crippen molar-refractivity contribution in [1.82, 2.24) is 4.90 Å². The maximum absolute atomic E-state index is 10.2. The van der Waals surface area contributed by atoms with E-state index in [1.165, 1.54) is 11.1 Å². The molecule has 0 fully saturated rings. The molecule has 3 rings (SSSR count). The van der Waals surface area contributed by atoms with Crippen LogP contribution in [-0.4, -0.2) is 24.2 Å². The molecule has 0 radical (unpaired) electrons. The van der Waals surface area contributed by atoms with Gasteiger partial charge in [0.05, 0.1) is 13.2 Å². The molecule has 1 heterocycles. The lowest BCUT2D eigenvalue weighted by Crippen LogP contribution is -2.28. The number of aliphatic hydroxyl groups excluding tert-OH is 1. The fourth-order valence-electron chi connectivity index (χ4n) is 3.01. The Kier molecular flexibility index (Phi) is 4.05. The summed E-state index contributed by atoms with van der Waals surface area (Å²) in [5.74, 6) is 1.12. The smallest absolute Gasteiger partial charge is 0.187 e. The molecule has 2 aromatic carbocycles. The molecule has 0 spiro atoms. The number of methoxy groups -OCH3 is 1. The summed E-state index contributed by atoms with van der Waals surface area (Å²) in [5, 5.41) is 10.2. The number of hydrogen-bond donors (Lipinski definition) is 1. The largest absolute Gasteiger partial charge is 0.497 e. The predicted molar refractivity (Wildman–Crippen MR) is 88.9 cm³/mol. The molecular formula is C19H21NO2. The van der Waals surface area contributed by atoms with Crippen LogP contribution < -0.4 is 4.74 Å². The van der Waals surface area contributed by atoms with Gasteiger partial charge in [-0.3, -0.25) is 0 Å². The number of aryl methyl sites for hydroxylation is 1. The van der Waals surface area contributed by atoms with E-state index in [-0.39, 0.29) is 6.04 Å². The third-order valence-electron chi connectivity index (χ3n) is 4.32. The average Bonchev–Trinajstić information content (AvgIpc) is 2.56. The third-order valence-corrected chi connectivity index (χ3v) is 4.32. The number of hydrogen-bond acceptors (Lipinski definition) is 3. The van der Waals surface area contributed by atoms with Gasteiger partial charge in [-0.15, -0.1) is 0 Å². The van der Waals surface area contributed by atoms with Gasteiger partial charge in [-0.1, -0.05) is 36.4 Å². The molecule has 0 saturated heterocycles. The van der Waals surface area contributed by atoms with Crippen molar-refractivity contribution < 1.29 is 9.84 Å². The van der Waals surface area contributed by atoms with Crippen molar-refractivity contribution in [3.63, 3.8) is 0 Å². The van der Waals surface area contributed by atoms with Gasteiger partial charge < -0.3 is 14.7 Å². The molecule has 1 aliphatic heterocycles. The minimum absolute atomic E-state index is 0.172. The van der Waals surface area contributed by atoms with E-state index in [2.05, 4.69) is 30.3 Å². The van der Waals surface area contributed by atoms with Crippen molar-refractivity contribution >= 4 is 6.08 Å². The van der Waals surface area contributed by atoms with Crippen molar-refractivity contribution in [1.29, 1.82) is 0 Å². The molecule has 2 aromatic rings. The van der Waals surface area contributed by atoms with Crippen LogP contribution in [0.5, 0.6) is 5.75 Å². The van der Waals surface area contributed by atoms with E-state index < -0.39 is 0 Å². The van der Waals surface area contributed by atoms with Crippen LogP contribution in [0.1, 0.15) is 29.2 Å². The van der Waals surface area contributed by atoms with Gasteiger partial charge in [0.2, 0.25) is 0 Å². The fourth-order valence-corrected chi connectivity index (χ4v) is 3.01. The number of aliphatic hydroxyl groups is 1. The molecule has 3 nitrogen and oxygen atoms in total. The Morgan fingerprint density at radius 3 is 2.64 bits per heavy atom. The topological polar surface area (TPSA) is 32.7 Å². The van der Waals surface area contributed by atoms with Crippen LogP contribution in [0, 0.1) is 0 Å². The Labute approximate surface area is 131 Å². The van der Waals surface area contributed by atoms with E-state index in [0.29, 0.717) is 5.88 Å². The molecular weight excluding hydrogens is 274 g/mol. The number of benzene rings is 2. The van der Waals surface area contributed by atoms with E-state index in [1.807, 2.05) is 30.1 Å². The molecule has 1 aliphatic rings. The van der Waals surface area contributed by atoms with Crippen LogP contribution in [-0.2, 0) is 6.42 Å². The maximum Gasteiger partial charge on any atom is 0.187 e. The van der Waals surface area contributed by atoms with Gasteiger partial charge in [0, 0.05) is 13.1 Å². The van der Waals surface area contributed by atoms with Gasteiger partial charge in [0.1, 0.15) is 5.75 Å². The SMILES string of the molecule is COc1ccc2c(c1)C=C(O)N(C)C2CCc1ccccc1. The minimum atomic E-state index is 0.172. The lowest BCUT2D eigenvalue weighted by Gasteiger charge is -2.34. The van der Waals surface area contributed by atoms with E-state index in [1.54, 1.807) is 13.2 Å². The molecule has 114 valence electrons. The zero-order chi connectivity index (χ0) is 15.5. The standard InChI is InChI=1S/C19H21NO2/c1-20-18(11-8-14-6-4-3-5-7-14)17-10-9-16(22-2)12-15(17)13-19(20)21/h3-7,9-10,12-13,18,21H,8,11H2,1-2H3. The second kappa shape index (κ2) is 6.14. The van der Waals surface area contributed by atoms with Gasteiger partial charge in [0.25, 0.3) is 0 Å². The number of nitrogens with zero attached hydrogens (tertiary/aromatic N) is 1. The summed E-state index contributed by atoms with van der Waals surface area (Å²) < 4.78 is 5.28. The summed E-state index contributed by atoms with van der Waals surface area (Å²) in [4.78, 5) is 1.94. The molecule has 0 aromatic heterocycles. The highest BCUT2D eigenvalue weighted by atomic mass is 16.5. The zero-order valence-corrected chi connectivity index (χ0v) is 13.0. The van der Waals surface area contributed by atoms with Gasteiger partial charge in [0.15, 0.2) is 5.88 Å². The molecule has 0 saturated carbocycles. The molecule has 3 heteroatoms. The van der Waals surface area contributed by atoms with E-state index in [9.17, 15) is 5.11 Å². The highest BCUT2D eigenvalue weighted by Gasteiger charge is 2.25. The molecule has 1 unspecified atom stereocenters. The van der Waals surface area contributed by atoms with Crippen LogP contribution in [0.2, 0.25) is 0 Å². The zero-order valence-electron chi connectivity index (χ0n) is 13.0. The van der Waals surface area contributed by atoms with Crippen LogP contribution in [0.4, 0.5) is 0 Å². The van der Waals surface area contributed by atoms with E-state index in [0.717, 1.165) is 24.2 Å². The first-order chi connectivity index (χ1) is 10.7. The first-order valence-electron chi connectivity index (χ1n) is 7.54. The van der Waals surface area contributed by atoms with E-state index >= 15 is 0 Å². The Hall–Kier alpha value is -2.42. The first kappa shape index (κ1) is 14.5. The van der Waals surface area contributed by atoms with Crippen molar-refractivity contribution in [2.75, 3.05) is 14.2 Å². The Balaban J connectivity index is 1.86. The van der Waals surface area contributed by atoms with Crippen molar-refractivity contribution in [2.24, 2.45) is 0 Å². The minimum Gasteiger partial charge on any atom is -0.497 e. The fraction of sp³-hybridized carbons (Fsp3) is 0.263. The molecule has 0 amide bonds. The molecule has 0 bridgehead atoms. The van der Waals surface area contributed by atoms with Crippen LogP contribution in [0.25, 0.3) is 6.08 Å². The summed E-state index contributed by atoms with van der Waals surface area (Å²) in [6.07, 6.45) is 3.74. The van der Waals surface area contributed by atoms with Crippen molar-refractivity contribution in [3.05, 3.63) is 71.1 Å². The highest BCUT2D eigenvalue weighted by Crippen LogP contribution is 2.36. The summed E-state index contributed by atoms with van der Waals surface area (Å²) in [7, 11) is 3.60. The molecule has 0 aliphatic carbocycles. The number of ether oxygens (including phenoxy) is 1. The van der Waals surface area contributed by atoms with Gasteiger partial charge in [-0.05, 0) is 41.7 Å². The molecule has 1 atom stereocenters. The Morgan fingerprint density at radius 1 is 1.14 bits per heavy atom. The van der Waals surface area contributed by atoms with Crippen LogP contribution >= 0.6 is 0 Å². The molecule has 22 heavy (non-hydrogen) atoms. The summed E-state index contributed by atoms with van der Waals surface area (Å²) in [6.45, 7) is 0. The summed E-state index contributed by atoms with van der Waals surface area (Å²) in [6, 6.07) is 16.7.